The number of benzene rings is 1. The van der Waals surface area contributed by atoms with Gasteiger partial charge in [0.05, 0.1) is 0 Å². The second kappa shape index (κ2) is 7.04. The minimum atomic E-state index is 0.628. The summed E-state index contributed by atoms with van der Waals surface area (Å²) in [7, 11) is 0. The molecule has 0 radical (unpaired) electrons. The summed E-state index contributed by atoms with van der Waals surface area (Å²) in [5.41, 5.74) is 1.13. The molecule has 4 heteroatoms. The van der Waals surface area contributed by atoms with Crippen molar-refractivity contribution in [3.8, 4) is 0 Å². The normalized spacial score (nSPS) is 24.2. The second-order valence-electron chi connectivity index (χ2n) is 4.84. The molecule has 18 heavy (non-hydrogen) atoms. The summed E-state index contributed by atoms with van der Waals surface area (Å²) in [5.74, 6) is 0. The highest BCUT2D eigenvalue weighted by Gasteiger charge is 2.20. The van der Waals surface area contributed by atoms with Crippen molar-refractivity contribution in [2.45, 2.75) is 43.5 Å². The summed E-state index contributed by atoms with van der Waals surface area (Å²) < 4.78 is 0. The molecule has 2 rings (SSSR count). The lowest BCUT2D eigenvalue weighted by Crippen LogP contribution is -2.34. The molecule has 2 atom stereocenters. The average Bonchev–Trinajstić information content (AvgIpc) is 2.38. The number of nitrogens with one attached hydrogen (secondary N) is 1. The standard InChI is InChI=1S/C14H19Cl2NS/c1-18-13-4-2-3-12(8-13)17-9-10-5-6-11(15)7-14(10)16/h5-7,12-13,17H,2-4,8-9H2,1H3. The lowest BCUT2D eigenvalue weighted by Gasteiger charge is -2.29. The van der Waals surface area contributed by atoms with Gasteiger partial charge in [-0.3, -0.25) is 0 Å². The number of halogens is 2. The highest BCUT2D eigenvalue weighted by Crippen LogP contribution is 2.27. The van der Waals surface area contributed by atoms with Gasteiger partial charge in [-0.05, 0) is 43.2 Å². The van der Waals surface area contributed by atoms with Crippen LogP contribution < -0.4 is 5.32 Å². The monoisotopic (exact) mass is 303 g/mol. The molecule has 100 valence electrons. The van der Waals surface area contributed by atoms with Crippen LogP contribution in [0.3, 0.4) is 0 Å². The van der Waals surface area contributed by atoms with E-state index < -0.39 is 0 Å². The SMILES string of the molecule is CSC1CCCC(NCc2ccc(Cl)cc2Cl)C1. The zero-order chi connectivity index (χ0) is 13.0. The largest absolute Gasteiger partial charge is 0.310 e. The summed E-state index contributed by atoms with van der Waals surface area (Å²) in [6, 6.07) is 6.34. The Bertz CT molecular complexity index is 397. The van der Waals surface area contributed by atoms with Crippen molar-refractivity contribution >= 4 is 35.0 Å². The van der Waals surface area contributed by atoms with Gasteiger partial charge in [-0.15, -0.1) is 0 Å². The van der Waals surface area contributed by atoms with Crippen LogP contribution >= 0.6 is 35.0 Å². The Labute approximate surface area is 124 Å². The molecule has 1 nitrogen and oxygen atoms in total. The van der Waals surface area contributed by atoms with Crippen molar-refractivity contribution in [2.75, 3.05) is 6.26 Å². The molecule has 1 aliphatic carbocycles. The Morgan fingerprint density at radius 1 is 1.33 bits per heavy atom. The Hall–Kier alpha value is 0.110. The van der Waals surface area contributed by atoms with E-state index in [2.05, 4.69) is 11.6 Å². The molecule has 0 spiro atoms. The van der Waals surface area contributed by atoms with Crippen LogP contribution in [-0.2, 0) is 6.54 Å². The van der Waals surface area contributed by atoms with Crippen molar-refractivity contribution < 1.29 is 0 Å². The number of thioether (sulfide) groups is 1. The zero-order valence-electron chi connectivity index (χ0n) is 10.6. The first-order valence-electron chi connectivity index (χ1n) is 6.39. The molecular weight excluding hydrogens is 285 g/mol. The Kier molecular flexibility index (Phi) is 5.68. The van der Waals surface area contributed by atoms with Crippen LogP contribution in [-0.4, -0.2) is 17.5 Å². The molecule has 1 aromatic rings. The van der Waals surface area contributed by atoms with E-state index in [1.54, 1.807) is 0 Å². The molecule has 0 bridgehead atoms. The van der Waals surface area contributed by atoms with Crippen LogP contribution in [0.1, 0.15) is 31.2 Å². The third kappa shape index (κ3) is 4.06. The number of hydrogen-bond donors (Lipinski definition) is 1. The Balaban J connectivity index is 1.87. The van der Waals surface area contributed by atoms with Gasteiger partial charge in [0.25, 0.3) is 0 Å². The molecule has 0 saturated heterocycles. The van der Waals surface area contributed by atoms with Gasteiger partial charge in [0.15, 0.2) is 0 Å². The minimum Gasteiger partial charge on any atom is -0.310 e. The van der Waals surface area contributed by atoms with Gasteiger partial charge >= 0.3 is 0 Å². The van der Waals surface area contributed by atoms with Gasteiger partial charge in [-0.1, -0.05) is 35.7 Å². The maximum absolute atomic E-state index is 6.17. The van der Waals surface area contributed by atoms with Gasteiger partial charge in [0.1, 0.15) is 0 Å². The second-order valence-corrected chi connectivity index (χ2v) is 6.82. The smallest absolute Gasteiger partial charge is 0.0465 e. The molecule has 0 aromatic heterocycles. The van der Waals surface area contributed by atoms with Crippen LogP contribution in [0.5, 0.6) is 0 Å². The highest BCUT2D eigenvalue weighted by molar-refractivity contribution is 7.99. The number of rotatable bonds is 4. The van der Waals surface area contributed by atoms with E-state index in [1.807, 2.05) is 30.0 Å². The Morgan fingerprint density at radius 2 is 2.17 bits per heavy atom. The molecule has 0 heterocycles. The molecule has 0 amide bonds. The van der Waals surface area contributed by atoms with Crippen LogP contribution in [0.2, 0.25) is 10.0 Å². The predicted octanol–water partition coefficient (Wildman–Crippen LogP) is 4.76. The van der Waals surface area contributed by atoms with E-state index in [0.29, 0.717) is 11.1 Å². The lowest BCUT2D eigenvalue weighted by atomic mass is 9.95. The molecule has 1 saturated carbocycles. The van der Waals surface area contributed by atoms with Gasteiger partial charge in [0, 0.05) is 27.9 Å². The summed E-state index contributed by atoms with van der Waals surface area (Å²) in [4.78, 5) is 0. The highest BCUT2D eigenvalue weighted by atomic mass is 35.5. The average molecular weight is 304 g/mol. The third-order valence-corrected chi connectivity index (χ3v) is 5.24. The first-order chi connectivity index (χ1) is 8.69. The molecular formula is C14H19Cl2NS. The van der Waals surface area contributed by atoms with E-state index in [0.717, 1.165) is 22.4 Å². The van der Waals surface area contributed by atoms with Crippen LogP contribution in [0.4, 0.5) is 0 Å². The van der Waals surface area contributed by atoms with Crippen LogP contribution in [0.25, 0.3) is 0 Å². The molecule has 0 aliphatic heterocycles. The van der Waals surface area contributed by atoms with Gasteiger partial charge < -0.3 is 5.32 Å². The van der Waals surface area contributed by atoms with Crippen LogP contribution in [0.15, 0.2) is 18.2 Å². The summed E-state index contributed by atoms with van der Waals surface area (Å²) >= 11 is 14.1. The van der Waals surface area contributed by atoms with E-state index >= 15 is 0 Å². The fourth-order valence-corrected chi connectivity index (χ4v) is 3.77. The molecule has 1 N–H and O–H groups in total. The first kappa shape index (κ1) is 14.5. The summed E-state index contributed by atoms with van der Waals surface area (Å²) in [6.45, 7) is 0.835. The molecule has 1 aromatic carbocycles. The fraction of sp³-hybridized carbons (Fsp3) is 0.571. The van der Waals surface area contributed by atoms with E-state index in [1.165, 1.54) is 25.7 Å². The maximum Gasteiger partial charge on any atom is 0.0465 e. The quantitative estimate of drug-likeness (QED) is 0.861. The van der Waals surface area contributed by atoms with Crippen molar-refractivity contribution in [2.24, 2.45) is 0 Å². The third-order valence-electron chi connectivity index (χ3n) is 3.56. The van der Waals surface area contributed by atoms with E-state index in [4.69, 9.17) is 23.2 Å². The van der Waals surface area contributed by atoms with Crippen molar-refractivity contribution in [3.63, 3.8) is 0 Å². The Morgan fingerprint density at radius 3 is 2.89 bits per heavy atom. The molecule has 1 aliphatic rings. The predicted molar refractivity (Wildman–Crippen MR) is 82.9 cm³/mol. The first-order valence-corrected chi connectivity index (χ1v) is 8.43. The minimum absolute atomic E-state index is 0.628. The number of hydrogen-bond acceptors (Lipinski definition) is 2. The van der Waals surface area contributed by atoms with Crippen molar-refractivity contribution in [3.05, 3.63) is 33.8 Å². The summed E-state index contributed by atoms with van der Waals surface area (Å²) in [6.07, 6.45) is 7.45. The molecule has 1 fully saturated rings. The van der Waals surface area contributed by atoms with Gasteiger partial charge in [0.2, 0.25) is 0 Å². The van der Waals surface area contributed by atoms with Gasteiger partial charge in [-0.25, -0.2) is 0 Å². The maximum atomic E-state index is 6.17. The zero-order valence-corrected chi connectivity index (χ0v) is 12.9. The van der Waals surface area contributed by atoms with Gasteiger partial charge in [-0.2, -0.15) is 11.8 Å². The van der Waals surface area contributed by atoms with E-state index in [9.17, 15) is 0 Å². The van der Waals surface area contributed by atoms with Crippen LogP contribution in [0, 0.1) is 0 Å². The van der Waals surface area contributed by atoms with Crippen molar-refractivity contribution in [1.82, 2.24) is 5.32 Å². The fourth-order valence-electron chi connectivity index (χ4n) is 2.46. The van der Waals surface area contributed by atoms with Crippen molar-refractivity contribution in [1.29, 1.82) is 0 Å². The molecule has 2 unspecified atom stereocenters. The topological polar surface area (TPSA) is 12.0 Å². The lowest BCUT2D eigenvalue weighted by molar-refractivity contribution is 0.380. The summed E-state index contributed by atoms with van der Waals surface area (Å²) in [5, 5.41) is 5.89. The van der Waals surface area contributed by atoms with E-state index in [-0.39, 0.29) is 0 Å².